The molecule has 0 aromatic carbocycles. The van der Waals surface area contributed by atoms with Gasteiger partial charge in [0.25, 0.3) is 0 Å². The Labute approximate surface area is 153 Å². The van der Waals surface area contributed by atoms with E-state index >= 15 is 0 Å². The van der Waals surface area contributed by atoms with Crippen molar-refractivity contribution in [3.05, 3.63) is 0 Å². The highest BCUT2D eigenvalue weighted by Crippen LogP contribution is 2.17. The number of piperazine rings is 1. The summed E-state index contributed by atoms with van der Waals surface area (Å²) in [5.41, 5.74) is 5.37. The van der Waals surface area contributed by atoms with Gasteiger partial charge in [-0.1, -0.05) is 0 Å². The third-order valence-corrected chi connectivity index (χ3v) is 4.96. The van der Waals surface area contributed by atoms with Crippen LogP contribution in [0.3, 0.4) is 0 Å². The van der Waals surface area contributed by atoms with Crippen molar-refractivity contribution in [3.63, 3.8) is 0 Å². The summed E-state index contributed by atoms with van der Waals surface area (Å²) >= 11 is 0. The van der Waals surface area contributed by atoms with Crippen molar-refractivity contribution in [1.82, 2.24) is 20.0 Å². The molecule has 26 heavy (non-hydrogen) atoms. The van der Waals surface area contributed by atoms with Crippen LogP contribution in [-0.4, -0.2) is 90.2 Å². The number of nitrogens with zero attached hydrogens (tertiary/aromatic N) is 3. The smallest absolute Gasteiger partial charge is 0.312 e. The molecule has 1 unspecified atom stereocenters. The number of nitrogens with two attached hydrogens (primary N) is 1. The minimum absolute atomic E-state index is 0.0827. The Morgan fingerprint density at radius 1 is 1.12 bits per heavy atom. The lowest BCUT2D eigenvalue weighted by Gasteiger charge is -2.38. The van der Waals surface area contributed by atoms with Crippen LogP contribution in [0.2, 0.25) is 0 Å². The average Bonchev–Trinajstić information content (AvgIpc) is 2.64. The number of nitrogens with one attached hydrogen (secondary N) is 1. The number of carbonyl (C=O) groups is 4. The van der Waals surface area contributed by atoms with Crippen molar-refractivity contribution in [2.24, 2.45) is 5.73 Å². The third kappa shape index (κ3) is 4.94. The minimum Gasteiger partial charge on any atom is -0.354 e. The first-order valence-electron chi connectivity index (χ1n) is 9.32. The molecule has 2 fully saturated rings. The molecule has 0 aromatic heterocycles. The van der Waals surface area contributed by atoms with Crippen LogP contribution in [0.4, 0.5) is 0 Å². The van der Waals surface area contributed by atoms with E-state index in [1.165, 1.54) is 9.80 Å². The van der Waals surface area contributed by atoms with Crippen LogP contribution in [0.5, 0.6) is 0 Å². The maximum absolute atomic E-state index is 12.7. The lowest BCUT2D eigenvalue weighted by atomic mass is 10.0. The summed E-state index contributed by atoms with van der Waals surface area (Å²) < 4.78 is 0. The summed E-state index contributed by atoms with van der Waals surface area (Å²) in [6, 6.07) is -0.0827. The van der Waals surface area contributed by atoms with E-state index in [0.29, 0.717) is 39.3 Å². The Balaban J connectivity index is 1.92. The summed E-state index contributed by atoms with van der Waals surface area (Å²) in [5, 5.41) is 2.82. The first kappa shape index (κ1) is 20.2. The van der Waals surface area contributed by atoms with Gasteiger partial charge in [0.2, 0.25) is 11.8 Å². The highest BCUT2D eigenvalue weighted by atomic mass is 16.2. The fraction of sp³-hybridized carbons (Fsp3) is 0.765. The monoisotopic (exact) mass is 367 g/mol. The van der Waals surface area contributed by atoms with Crippen molar-refractivity contribution in [2.45, 2.75) is 38.6 Å². The molecule has 9 nitrogen and oxygen atoms in total. The number of rotatable bonds is 7. The number of hydrogen-bond acceptors (Lipinski definition) is 5. The molecule has 0 radical (unpaired) electrons. The number of amides is 4. The van der Waals surface area contributed by atoms with E-state index in [2.05, 4.69) is 5.32 Å². The Bertz CT molecular complexity index is 553. The van der Waals surface area contributed by atoms with Gasteiger partial charge in [0.05, 0.1) is 0 Å². The molecule has 0 aliphatic carbocycles. The SMILES string of the molecule is CCN1CCN(CC(=O)N2CCCCC2CNC(=O)CCN)C(=O)C1=O. The highest BCUT2D eigenvalue weighted by Gasteiger charge is 2.35. The normalized spacial score (nSPS) is 21.2. The van der Waals surface area contributed by atoms with Gasteiger partial charge in [-0.05, 0) is 26.2 Å². The number of hydrogen-bond donors (Lipinski definition) is 2. The molecular formula is C17H29N5O4. The van der Waals surface area contributed by atoms with Gasteiger partial charge < -0.3 is 25.8 Å². The Morgan fingerprint density at radius 2 is 1.81 bits per heavy atom. The first-order chi connectivity index (χ1) is 12.5. The summed E-state index contributed by atoms with van der Waals surface area (Å²) in [4.78, 5) is 53.1. The molecule has 2 heterocycles. The number of carbonyl (C=O) groups excluding carboxylic acids is 4. The maximum atomic E-state index is 12.7. The molecule has 1 atom stereocenters. The third-order valence-electron chi connectivity index (χ3n) is 4.96. The van der Waals surface area contributed by atoms with E-state index in [1.807, 2.05) is 6.92 Å². The first-order valence-corrected chi connectivity index (χ1v) is 9.32. The number of likely N-dealkylation sites (tertiary alicyclic amines) is 1. The predicted molar refractivity (Wildman–Crippen MR) is 94.9 cm³/mol. The maximum Gasteiger partial charge on any atom is 0.312 e. The summed E-state index contributed by atoms with van der Waals surface area (Å²) in [6.45, 7) is 4.33. The van der Waals surface area contributed by atoms with E-state index in [1.54, 1.807) is 4.90 Å². The van der Waals surface area contributed by atoms with Gasteiger partial charge >= 0.3 is 11.8 Å². The van der Waals surface area contributed by atoms with Crippen molar-refractivity contribution in [3.8, 4) is 0 Å². The molecule has 146 valence electrons. The van der Waals surface area contributed by atoms with Crippen molar-refractivity contribution >= 4 is 23.6 Å². The summed E-state index contributed by atoms with van der Waals surface area (Å²) in [7, 11) is 0. The van der Waals surface area contributed by atoms with Gasteiger partial charge in [0.1, 0.15) is 6.54 Å². The fourth-order valence-electron chi connectivity index (χ4n) is 3.41. The molecular weight excluding hydrogens is 338 g/mol. The molecule has 0 saturated carbocycles. The largest absolute Gasteiger partial charge is 0.354 e. The zero-order valence-corrected chi connectivity index (χ0v) is 15.4. The molecule has 0 bridgehead atoms. The van der Waals surface area contributed by atoms with Gasteiger partial charge in [-0.2, -0.15) is 0 Å². The second-order valence-corrected chi connectivity index (χ2v) is 6.69. The Kier molecular flexibility index (Phi) is 7.38. The van der Waals surface area contributed by atoms with E-state index in [-0.39, 0.29) is 30.8 Å². The lowest BCUT2D eigenvalue weighted by molar-refractivity contribution is -0.158. The topological polar surface area (TPSA) is 116 Å². The predicted octanol–water partition coefficient (Wildman–Crippen LogP) is -1.48. The molecule has 3 N–H and O–H groups in total. The zero-order valence-electron chi connectivity index (χ0n) is 15.4. The van der Waals surface area contributed by atoms with Crippen LogP contribution in [0.1, 0.15) is 32.6 Å². The molecule has 2 saturated heterocycles. The van der Waals surface area contributed by atoms with Crippen molar-refractivity contribution < 1.29 is 19.2 Å². The fourth-order valence-corrected chi connectivity index (χ4v) is 3.41. The average molecular weight is 367 g/mol. The Morgan fingerprint density at radius 3 is 2.50 bits per heavy atom. The molecule has 2 aliphatic rings. The van der Waals surface area contributed by atoms with Crippen LogP contribution in [0, 0.1) is 0 Å². The second kappa shape index (κ2) is 9.51. The van der Waals surface area contributed by atoms with Crippen LogP contribution < -0.4 is 11.1 Å². The summed E-state index contributed by atoms with van der Waals surface area (Å²) in [5.74, 6) is -1.46. The van der Waals surface area contributed by atoms with Crippen molar-refractivity contribution in [2.75, 3.05) is 45.8 Å². The van der Waals surface area contributed by atoms with Gasteiger partial charge in [0, 0.05) is 51.7 Å². The lowest BCUT2D eigenvalue weighted by Crippen LogP contribution is -2.58. The molecule has 2 aliphatic heterocycles. The van der Waals surface area contributed by atoms with Crippen LogP contribution in [0.15, 0.2) is 0 Å². The van der Waals surface area contributed by atoms with Gasteiger partial charge in [-0.25, -0.2) is 0 Å². The number of likely N-dealkylation sites (N-methyl/N-ethyl adjacent to an activating group) is 1. The van der Waals surface area contributed by atoms with Crippen molar-refractivity contribution in [1.29, 1.82) is 0 Å². The van der Waals surface area contributed by atoms with Gasteiger partial charge in [-0.15, -0.1) is 0 Å². The Hall–Kier alpha value is -2.16. The van der Waals surface area contributed by atoms with E-state index < -0.39 is 11.8 Å². The molecule has 9 heteroatoms. The van der Waals surface area contributed by atoms with E-state index in [0.717, 1.165) is 19.3 Å². The summed E-state index contributed by atoms with van der Waals surface area (Å²) in [6.07, 6.45) is 2.97. The van der Waals surface area contributed by atoms with E-state index in [4.69, 9.17) is 5.73 Å². The quantitative estimate of drug-likeness (QED) is 0.533. The molecule has 2 rings (SSSR count). The molecule has 0 aromatic rings. The van der Waals surface area contributed by atoms with Gasteiger partial charge in [0.15, 0.2) is 0 Å². The second-order valence-electron chi connectivity index (χ2n) is 6.69. The molecule has 0 spiro atoms. The van der Waals surface area contributed by atoms with Crippen LogP contribution in [0.25, 0.3) is 0 Å². The zero-order chi connectivity index (χ0) is 19.1. The minimum atomic E-state index is -0.615. The highest BCUT2D eigenvalue weighted by molar-refractivity contribution is 6.35. The van der Waals surface area contributed by atoms with Crippen LogP contribution >= 0.6 is 0 Å². The van der Waals surface area contributed by atoms with Crippen LogP contribution in [-0.2, 0) is 19.2 Å². The van der Waals surface area contributed by atoms with Gasteiger partial charge in [-0.3, -0.25) is 19.2 Å². The van der Waals surface area contributed by atoms with E-state index in [9.17, 15) is 19.2 Å². The standard InChI is InChI=1S/C17H29N5O4/c1-2-20-9-10-21(17(26)16(20)25)12-15(24)22-8-4-3-5-13(22)11-19-14(23)6-7-18/h13H,2-12,18H2,1H3,(H,19,23). The number of piperidine rings is 1. The molecule has 4 amide bonds.